The normalized spacial score (nSPS) is 14.4. The minimum Gasteiger partial charge on any atom is -0.507 e. The van der Waals surface area contributed by atoms with Crippen LogP contribution in [0, 0.1) is 6.92 Å². The Kier molecular flexibility index (Phi) is 7.59. The van der Waals surface area contributed by atoms with E-state index in [4.69, 9.17) is 27.9 Å². The van der Waals surface area contributed by atoms with E-state index in [0.29, 0.717) is 32.6 Å². The fraction of sp³-hybridized carbons (Fsp3) is 0.115. The number of ether oxygens (including phenoxy) is 1. The first-order valence-corrected chi connectivity index (χ1v) is 12.2. The first-order valence-electron chi connectivity index (χ1n) is 10.6. The zero-order valence-corrected chi connectivity index (χ0v) is 21.5. The SMILES string of the molecule is COc1ccc(C)cc1NC(=O)c1cc(/C=C2/SC(=O)N(Cc3ccc(Cl)c(Cl)c3)C2=O)ccc1O. The number of aryl methyl sites for hydroxylation is 1. The molecule has 1 heterocycles. The van der Waals surface area contributed by atoms with Crippen LogP contribution in [0.5, 0.6) is 11.5 Å². The maximum absolute atomic E-state index is 12.9. The molecule has 1 saturated heterocycles. The molecule has 0 radical (unpaired) electrons. The van der Waals surface area contributed by atoms with Gasteiger partial charge in [-0.25, -0.2) is 0 Å². The molecule has 36 heavy (non-hydrogen) atoms. The minimum absolute atomic E-state index is 0.00217. The van der Waals surface area contributed by atoms with Gasteiger partial charge in [0.05, 0.1) is 39.9 Å². The fourth-order valence-electron chi connectivity index (χ4n) is 3.54. The van der Waals surface area contributed by atoms with Gasteiger partial charge in [-0.1, -0.05) is 41.4 Å². The summed E-state index contributed by atoms with van der Waals surface area (Å²) in [4.78, 5) is 39.7. The number of hydrogen-bond acceptors (Lipinski definition) is 6. The molecule has 7 nitrogen and oxygen atoms in total. The number of thioether (sulfide) groups is 1. The number of anilines is 1. The van der Waals surface area contributed by atoms with Crippen molar-refractivity contribution in [2.45, 2.75) is 13.5 Å². The summed E-state index contributed by atoms with van der Waals surface area (Å²) in [7, 11) is 1.49. The summed E-state index contributed by atoms with van der Waals surface area (Å²) in [6.45, 7) is 1.92. The summed E-state index contributed by atoms with van der Waals surface area (Å²) >= 11 is 12.8. The van der Waals surface area contributed by atoms with Gasteiger partial charge in [-0.2, -0.15) is 0 Å². The second-order valence-corrected chi connectivity index (χ2v) is 9.76. The predicted molar refractivity (Wildman–Crippen MR) is 142 cm³/mol. The molecule has 1 fully saturated rings. The van der Waals surface area contributed by atoms with Gasteiger partial charge in [0.1, 0.15) is 11.5 Å². The van der Waals surface area contributed by atoms with E-state index in [2.05, 4.69) is 5.32 Å². The highest BCUT2D eigenvalue weighted by Crippen LogP contribution is 2.35. The average molecular weight is 543 g/mol. The van der Waals surface area contributed by atoms with Gasteiger partial charge in [0, 0.05) is 0 Å². The summed E-state index contributed by atoms with van der Waals surface area (Å²) in [6.07, 6.45) is 1.50. The lowest BCUT2D eigenvalue weighted by atomic mass is 10.1. The molecule has 3 aromatic carbocycles. The van der Waals surface area contributed by atoms with Crippen molar-refractivity contribution in [3.8, 4) is 11.5 Å². The van der Waals surface area contributed by atoms with Crippen molar-refractivity contribution in [2.24, 2.45) is 0 Å². The molecule has 0 saturated carbocycles. The Morgan fingerprint density at radius 1 is 1.08 bits per heavy atom. The van der Waals surface area contributed by atoms with Crippen molar-refractivity contribution in [1.82, 2.24) is 4.90 Å². The van der Waals surface area contributed by atoms with Crippen molar-refractivity contribution in [2.75, 3.05) is 12.4 Å². The van der Waals surface area contributed by atoms with Gasteiger partial charge >= 0.3 is 0 Å². The predicted octanol–water partition coefficient (Wildman–Crippen LogP) is 6.50. The van der Waals surface area contributed by atoms with E-state index < -0.39 is 17.1 Å². The van der Waals surface area contributed by atoms with Gasteiger partial charge < -0.3 is 15.2 Å². The standard InChI is InChI=1S/C26H20Cl2N2O5S/c1-14-3-8-22(35-2)20(9-14)29-24(32)17-10-15(5-7-21(17)31)12-23-25(33)30(26(34)36-23)13-16-4-6-18(27)19(28)11-16/h3-12,31H,13H2,1-2H3,(H,29,32)/b23-12+. The van der Waals surface area contributed by atoms with Crippen molar-refractivity contribution >= 4 is 63.8 Å². The molecule has 1 aliphatic rings. The first-order chi connectivity index (χ1) is 17.2. The highest BCUT2D eigenvalue weighted by molar-refractivity contribution is 8.18. The summed E-state index contributed by atoms with van der Waals surface area (Å²) in [5, 5.41) is 13.3. The number of nitrogens with zero attached hydrogens (tertiary/aromatic N) is 1. The summed E-state index contributed by atoms with van der Waals surface area (Å²) in [6, 6.07) is 14.6. The molecule has 0 atom stereocenters. The quantitative estimate of drug-likeness (QED) is 0.345. The van der Waals surface area contributed by atoms with Crippen LogP contribution < -0.4 is 10.1 Å². The molecule has 184 valence electrons. The van der Waals surface area contributed by atoms with E-state index in [-0.39, 0.29) is 22.8 Å². The second kappa shape index (κ2) is 10.7. The third-order valence-electron chi connectivity index (χ3n) is 5.36. The van der Waals surface area contributed by atoms with Crippen LogP contribution in [0.2, 0.25) is 10.0 Å². The monoisotopic (exact) mass is 542 g/mol. The van der Waals surface area contributed by atoms with E-state index in [1.807, 2.05) is 13.0 Å². The lowest BCUT2D eigenvalue weighted by molar-refractivity contribution is -0.123. The van der Waals surface area contributed by atoms with E-state index in [1.54, 1.807) is 36.4 Å². The van der Waals surface area contributed by atoms with Gasteiger partial charge in [-0.15, -0.1) is 0 Å². The van der Waals surface area contributed by atoms with Crippen molar-refractivity contribution < 1.29 is 24.2 Å². The molecule has 3 amide bonds. The zero-order valence-electron chi connectivity index (χ0n) is 19.2. The molecule has 0 bridgehead atoms. The first kappa shape index (κ1) is 25.6. The number of nitrogens with one attached hydrogen (secondary N) is 1. The molecular weight excluding hydrogens is 523 g/mol. The number of imide groups is 1. The number of carbonyl (C=O) groups excluding carboxylic acids is 3. The summed E-state index contributed by atoms with van der Waals surface area (Å²) in [5.41, 5.74) is 2.50. The van der Waals surface area contributed by atoms with Crippen LogP contribution in [0.1, 0.15) is 27.0 Å². The second-order valence-electron chi connectivity index (χ2n) is 7.95. The Morgan fingerprint density at radius 2 is 1.86 bits per heavy atom. The number of phenols is 1. The Morgan fingerprint density at radius 3 is 2.58 bits per heavy atom. The maximum atomic E-state index is 12.9. The van der Waals surface area contributed by atoms with Gasteiger partial charge in [0.2, 0.25) is 0 Å². The minimum atomic E-state index is -0.556. The lowest BCUT2D eigenvalue weighted by Gasteiger charge is -2.13. The zero-order chi connectivity index (χ0) is 26.0. The number of halogens is 2. The number of benzene rings is 3. The average Bonchev–Trinajstić information content (AvgIpc) is 3.10. The number of rotatable bonds is 6. The number of aromatic hydroxyl groups is 1. The van der Waals surface area contributed by atoms with Crippen LogP contribution >= 0.6 is 35.0 Å². The smallest absolute Gasteiger partial charge is 0.293 e. The number of amides is 3. The van der Waals surface area contributed by atoms with E-state index >= 15 is 0 Å². The molecule has 0 spiro atoms. The molecular formula is C26H20Cl2N2O5S. The third kappa shape index (κ3) is 5.51. The van der Waals surface area contributed by atoms with Crippen molar-refractivity contribution in [3.05, 3.63) is 91.8 Å². The number of methoxy groups -OCH3 is 1. The Labute approximate surface area is 221 Å². The highest BCUT2D eigenvalue weighted by Gasteiger charge is 2.35. The van der Waals surface area contributed by atoms with Crippen LogP contribution in [0.15, 0.2) is 59.5 Å². The Balaban J connectivity index is 1.56. The van der Waals surface area contributed by atoms with Crippen LogP contribution in [0.4, 0.5) is 10.5 Å². The van der Waals surface area contributed by atoms with Crippen molar-refractivity contribution in [1.29, 1.82) is 0 Å². The molecule has 0 aliphatic carbocycles. The Bertz CT molecular complexity index is 1420. The van der Waals surface area contributed by atoms with Crippen LogP contribution in [-0.4, -0.2) is 34.2 Å². The molecule has 2 N–H and O–H groups in total. The number of hydrogen-bond donors (Lipinski definition) is 2. The van der Waals surface area contributed by atoms with Crippen molar-refractivity contribution in [3.63, 3.8) is 0 Å². The fourth-order valence-corrected chi connectivity index (χ4v) is 4.70. The molecule has 0 unspecified atom stereocenters. The van der Waals surface area contributed by atoms with E-state index in [9.17, 15) is 19.5 Å². The van der Waals surface area contributed by atoms with Gasteiger partial charge in [-0.05, 0) is 77.9 Å². The lowest BCUT2D eigenvalue weighted by Crippen LogP contribution is -2.27. The van der Waals surface area contributed by atoms with Crippen LogP contribution in [0.25, 0.3) is 6.08 Å². The third-order valence-corrected chi connectivity index (χ3v) is 7.01. The molecule has 1 aliphatic heterocycles. The van der Waals surface area contributed by atoms with Crippen LogP contribution in [-0.2, 0) is 11.3 Å². The topological polar surface area (TPSA) is 95.9 Å². The molecule has 10 heteroatoms. The van der Waals surface area contributed by atoms with Gasteiger partial charge in [0.15, 0.2) is 0 Å². The maximum Gasteiger partial charge on any atom is 0.293 e. The van der Waals surface area contributed by atoms with E-state index in [0.717, 1.165) is 22.2 Å². The van der Waals surface area contributed by atoms with E-state index in [1.165, 1.54) is 25.3 Å². The largest absolute Gasteiger partial charge is 0.507 e. The highest BCUT2D eigenvalue weighted by atomic mass is 35.5. The Hall–Kier alpha value is -3.46. The number of carbonyl (C=O) groups is 3. The summed E-state index contributed by atoms with van der Waals surface area (Å²) in [5.74, 6) is -0.789. The number of phenolic OH excluding ortho intramolecular Hbond substituents is 1. The molecule has 0 aromatic heterocycles. The summed E-state index contributed by atoms with van der Waals surface area (Å²) < 4.78 is 5.29. The molecule has 3 aromatic rings. The van der Waals surface area contributed by atoms with Gasteiger partial charge in [0.25, 0.3) is 17.1 Å². The van der Waals surface area contributed by atoms with Crippen LogP contribution in [0.3, 0.4) is 0 Å². The van der Waals surface area contributed by atoms with Gasteiger partial charge in [-0.3, -0.25) is 19.3 Å². The molecule has 4 rings (SSSR count).